The molecule has 4 rings (SSSR count). The van der Waals surface area contributed by atoms with Crippen LogP contribution in [0.5, 0.6) is 0 Å². The summed E-state index contributed by atoms with van der Waals surface area (Å²) < 4.78 is 0. The second-order valence-electron chi connectivity index (χ2n) is 9.01. The highest BCUT2D eigenvalue weighted by Gasteiger charge is 2.49. The van der Waals surface area contributed by atoms with E-state index in [9.17, 15) is 9.59 Å². The number of carbonyl (C=O) groups is 2. The minimum Gasteiger partial charge on any atom is -0.382 e. The molecule has 2 aliphatic heterocycles. The normalized spacial score (nSPS) is 23.0. The predicted octanol–water partition coefficient (Wildman–Crippen LogP) is 4.11. The highest BCUT2D eigenvalue weighted by molar-refractivity contribution is 6.00. The van der Waals surface area contributed by atoms with Crippen LogP contribution in [-0.4, -0.2) is 47.3 Å². The summed E-state index contributed by atoms with van der Waals surface area (Å²) in [6.07, 6.45) is 0. The molecule has 5 heteroatoms. The first kappa shape index (κ1) is 20.5. The van der Waals surface area contributed by atoms with Gasteiger partial charge in [0.1, 0.15) is 0 Å². The molecule has 30 heavy (non-hydrogen) atoms. The van der Waals surface area contributed by atoms with Crippen molar-refractivity contribution in [2.45, 2.75) is 39.8 Å². The van der Waals surface area contributed by atoms with Crippen LogP contribution in [0.2, 0.25) is 0 Å². The van der Waals surface area contributed by atoms with Crippen LogP contribution < -0.4 is 5.32 Å². The van der Waals surface area contributed by atoms with Crippen molar-refractivity contribution >= 4 is 17.5 Å². The maximum absolute atomic E-state index is 13.5. The molecule has 2 heterocycles. The van der Waals surface area contributed by atoms with Gasteiger partial charge in [-0.1, -0.05) is 42.0 Å². The number of rotatable bonds is 4. The fraction of sp³-hybridized carbons (Fsp3) is 0.440. The summed E-state index contributed by atoms with van der Waals surface area (Å²) in [7, 11) is 0. The topological polar surface area (TPSA) is 52.7 Å². The Hall–Kier alpha value is -2.82. The van der Waals surface area contributed by atoms with Crippen molar-refractivity contribution in [3.63, 3.8) is 0 Å². The zero-order valence-corrected chi connectivity index (χ0v) is 18.3. The monoisotopic (exact) mass is 405 g/mol. The lowest BCUT2D eigenvalue weighted by Crippen LogP contribution is -2.36. The molecule has 0 aliphatic carbocycles. The molecular weight excluding hydrogens is 374 g/mol. The molecule has 2 amide bonds. The number of hydrogen-bond donors (Lipinski definition) is 1. The molecular formula is C25H31N3O2. The van der Waals surface area contributed by atoms with Crippen molar-refractivity contribution in [3.05, 3.63) is 65.2 Å². The van der Waals surface area contributed by atoms with E-state index in [0.29, 0.717) is 25.6 Å². The third kappa shape index (κ3) is 3.81. The van der Waals surface area contributed by atoms with Crippen molar-refractivity contribution in [2.24, 2.45) is 11.8 Å². The first-order valence-electron chi connectivity index (χ1n) is 10.8. The van der Waals surface area contributed by atoms with Gasteiger partial charge in [-0.3, -0.25) is 9.59 Å². The molecule has 0 aromatic heterocycles. The molecule has 1 N–H and O–H groups in total. The van der Waals surface area contributed by atoms with Crippen LogP contribution >= 0.6 is 0 Å². The van der Waals surface area contributed by atoms with Gasteiger partial charge in [0.15, 0.2) is 0 Å². The first-order chi connectivity index (χ1) is 14.3. The summed E-state index contributed by atoms with van der Waals surface area (Å²) in [5.41, 5.74) is 3.87. The molecule has 2 saturated heterocycles. The third-order valence-corrected chi connectivity index (χ3v) is 6.35. The number of carbonyl (C=O) groups excluding carboxylic acids is 2. The van der Waals surface area contributed by atoms with E-state index >= 15 is 0 Å². The van der Waals surface area contributed by atoms with Gasteiger partial charge in [0.05, 0.1) is 11.6 Å². The molecule has 3 atom stereocenters. The second-order valence-corrected chi connectivity index (χ2v) is 9.01. The zero-order valence-electron chi connectivity index (χ0n) is 18.3. The summed E-state index contributed by atoms with van der Waals surface area (Å²) in [6, 6.07) is 16.6. The van der Waals surface area contributed by atoms with Crippen molar-refractivity contribution in [1.82, 2.24) is 9.80 Å². The Kier molecular flexibility index (Phi) is 5.54. The van der Waals surface area contributed by atoms with Crippen LogP contribution in [0.1, 0.15) is 48.3 Å². The van der Waals surface area contributed by atoms with Crippen molar-refractivity contribution < 1.29 is 9.59 Å². The van der Waals surface area contributed by atoms with E-state index in [-0.39, 0.29) is 29.8 Å². The van der Waals surface area contributed by atoms with Gasteiger partial charge in [0.25, 0.3) is 5.91 Å². The van der Waals surface area contributed by atoms with Crippen LogP contribution in [-0.2, 0) is 4.79 Å². The minimum absolute atomic E-state index is 0.0391. The van der Waals surface area contributed by atoms with Crippen LogP contribution in [0.15, 0.2) is 48.5 Å². The van der Waals surface area contributed by atoms with E-state index in [0.717, 1.165) is 22.4 Å². The van der Waals surface area contributed by atoms with Gasteiger partial charge in [-0.25, -0.2) is 0 Å². The fourth-order valence-electron chi connectivity index (χ4n) is 5.05. The van der Waals surface area contributed by atoms with Crippen molar-refractivity contribution in [3.8, 4) is 0 Å². The molecule has 158 valence electrons. The first-order valence-corrected chi connectivity index (χ1v) is 10.8. The number of anilines is 1. The average molecular weight is 406 g/mol. The van der Waals surface area contributed by atoms with Gasteiger partial charge in [0, 0.05) is 50.1 Å². The lowest BCUT2D eigenvalue weighted by atomic mass is 9.89. The van der Waals surface area contributed by atoms with E-state index < -0.39 is 0 Å². The predicted molar refractivity (Wildman–Crippen MR) is 119 cm³/mol. The number of hydrogen-bond acceptors (Lipinski definition) is 3. The Balaban J connectivity index is 1.60. The number of fused-ring (bicyclic) bond motifs is 1. The smallest absolute Gasteiger partial charge is 0.255 e. The fourth-order valence-corrected chi connectivity index (χ4v) is 5.05. The molecule has 2 fully saturated rings. The Morgan fingerprint density at radius 3 is 2.43 bits per heavy atom. The maximum Gasteiger partial charge on any atom is 0.255 e. The van der Waals surface area contributed by atoms with Gasteiger partial charge >= 0.3 is 0 Å². The van der Waals surface area contributed by atoms with Gasteiger partial charge in [-0.05, 0) is 38.5 Å². The van der Waals surface area contributed by atoms with Gasteiger partial charge < -0.3 is 15.1 Å². The molecule has 0 unspecified atom stereocenters. The molecule has 0 bridgehead atoms. The van der Waals surface area contributed by atoms with Crippen LogP contribution in [0, 0.1) is 18.8 Å². The van der Waals surface area contributed by atoms with Crippen molar-refractivity contribution in [1.29, 1.82) is 0 Å². The molecule has 2 aliphatic rings. The number of nitrogens with zero attached hydrogens (tertiary/aromatic N) is 2. The lowest BCUT2D eigenvalue weighted by Gasteiger charge is -2.29. The largest absolute Gasteiger partial charge is 0.382 e. The Bertz CT molecular complexity index is 941. The Labute approximate surface area is 179 Å². The number of aryl methyl sites for hydroxylation is 1. The highest BCUT2D eigenvalue weighted by atomic mass is 16.2. The average Bonchev–Trinajstić information content (AvgIpc) is 3.27. The summed E-state index contributed by atoms with van der Waals surface area (Å²) >= 11 is 0. The maximum atomic E-state index is 13.5. The molecule has 2 aromatic rings. The van der Waals surface area contributed by atoms with Crippen LogP contribution in [0.3, 0.4) is 0 Å². The number of nitrogens with one attached hydrogen (secondary N) is 1. The highest BCUT2D eigenvalue weighted by Crippen LogP contribution is 2.45. The Morgan fingerprint density at radius 1 is 1.03 bits per heavy atom. The zero-order chi connectivity index (χ0) is 21.4. The third-order valence-electron chi connectivity index (χ3n) is 6.35. The quantitative estimate of drug-likeness (QED) is 0.833. The second kappa shape index (κ2) is 8.13. The van der Waals surface area contributed by atoms with Gasteiger partial charge in [0.2, 0.25) is 5.91 Å². The minimum atomic E-state index is 0.0391. The summed E-state index contributed by atoms with van der Waals surface area (Å²) in [6.45, 7) is 9.92. The SMILES string of the molecule is CC(=O)N1C[C@H]2CN(C(=O)c3cc(C)ccc3NC(C)C)C[C@H]2[C@@H]1c1ccccc1. The lowest BCUT2D eigenvalue weighted by molar-refractivity contribution is -0.130. The summed E-state index contributed by atoms with van der Waals surface area (Å²) in [5.74, 6) is 0.775. The molecule has 2 aromatic carbocycles. The van der Waals surface area contributed by atoms with E-state index in [1.54, 1.807) is 6.92 Å². The van der Waals surface area contributed by atoms with Crippen LogP contribution in [0.4, 0.5) is 5.69 Å². The van der Waals surface area contributed by atoms with E-state index in [4.69, 9.17) is 0 Å². The standard InChI is InChI=1S/C25H31N3O2/c1-16(2)26-23-11-10-17(3)12-21(23)25(30)27-13-20-14-28(18(4)29)24(22(20)15-27)19-8-6-5-7-9-19/h5-12,16,20,22,24,26H,13-15H2,1-4H3/t20-,22-,24+/m1/s1. The summed E-state index contributed by atoms with van der Waals surface area (Å²) in [4.78, 5) is 29.8. The number of benzene rings is 2. The van der Waals surface area contributed by atoms with Gasteiger partial charge in [-0.2, -0.15) is 0 Å². The van der Waals surface area contributed by atoms with E-state index in [1.165, 1.54) is 0 Å². The Morgan fingerprint density at radius 2 is 1.77 bits per heavy atom. The molecule has 0 saturated carbocycles. The van der Waals surface area contributed by atoms with Crippen molar-refractivity contribution in [2.75, 3.05) is 25.0 Å². The molecule has 0 radical (unpaired) electrons. The number of amides is 2. The summed E-state index contributed by atoms with van der Waals surface area (Å²) in [5, 5.41) is 3.41. The molecule has 5 nitrogen and oxygen atoms in total. The molecule has 0 spiro atoms. The number of likely N-dealkylation sites (tertiary alicyclic amines) is 2. The van der Waals surface area contributed by atoms with E-state index in [2.05, 4.69) is 31.3 Å². The van der Waals surface area contributed by atoms with E-state index in [1.807, 2.05) is 53.1 Å². The van der Waals surface area contributed by atoms with Crippen LogP contribution in [0.25, 0.3) is 0 Å². The van der Waals surface area contributed by atoms with Gasteiger partial charge in [-0.15, -0.1) is 0 Å².